The highest BCUT2D eigenvalue weighted by molar-refractivity contribution is 7.16. The summed E-state index contributed by atoms with van der Waals surface area (Å²) in [5.41, 5.74) is 1.79. The van der Waals surface area contributed by atoms with Gasteiger partial charge in [-0.05, 0) is 18.7 Å². The molecule has 0 spiro atoms. The molecule has 0 fully saturated rings. The predicted molar refractivity (Wildman–Crippen MR) is 53.1 cm³/mol. The molecule has 2 rings (SSSR count). The molecular formula is C9H9NO2S. The molecule has 13 heavy (non-hydrogen) atoms. The van der Waals surface area contributed by atoms with E-state index in [1.54, 1.807) is 0 Å². The lowest BCUT2D eigenvalue weighted by molar-refractivity contribution is 0.585. The first-order valence-corrected chi connectivity index (χ1v) is 4.79. The fourth-order valence-corrected chi connectivity index (χ4v) is 2.06. The SMILES string of the molecule is CNCc1cccc2oc(=O)sc12. The van der Waals surface area contributed by atoms with Crippen LogP contribution in [0.2, 0.25) is 0 Å². The highest BCUT2D eigenvalue weighted by Gasteiger charge is 2.05. The summed E-state index contributed by atoms with van der Waals surface area (Å²) in [6.07, 6.45) is 0. The van der Waals surface area contributed by atoms with Crippen molar-refractivity contribution in [1.29, 1.82) is 0 Å². The number of fused-ring (bicyclic) bond motifs is 1. The van der Waals surface area contributed by atoms with Gasteiger partial charge in [0, 0.05) is 6.54 Å². The topological polar surface area (TPSA) is 42.2 Å². The zero-order valence-corrected chi connectivity index (χ0v) is 7.98. The fraction of sp³-hybridized carbons (Fsp3) is 0.222. The summed E-state index contributed by atoms with van der Waals surface area (Å²) < 4.78 is 5.94. The predicted octanol–water partition coefficient (Wildman–Crippen LogP) is 1.57. The van der Waals surface area contributed by atoms with Gasteiger partial charge in [-0.15, -0.1) is 0 Å². The number of nitrogens with one attached hydrogen (secondary N) is 1. The molecule has 1 aromatic carbocycles. The third-order valence-electron chi connectivity index (χ3n) is 1.81. The summed E-state index contributed by atoms with van der Waals surface area (Å²) in [4.78, 5) is 10.7. The van der Waals surface area contributed by atoms with E-state index in [4.69, 9.17) is 4.42 Å². The van der Waals surface area contributed by atoms with Crippen LogP contribution in [-0.2, 0) is 6.54 Å². The Kier molecular flexibility index (Phi) is 2.16. The number of rotatable bonds is 2. The quantitative estimate of drug-likeness (QED) is 0.791. The first-order valence-electron chi connectivity index (χ1n) is 3.97. The molecule has 0 saturated heterocycles. The van der Waals surface area contributed by atoms with Gasteiger partial charge in [0.15, 0.2) is 0 Å². The molecule has 0 bridgehead atoms. The normalized spacial score (nSPS) is 10.8. The highest BCUT2D eigenvalue weighted by Crippen LogP contribution is 2.20. The van der Waals surface area contributed by atoms with Gasteiger partial charge < -0.3 is 9.73 Å². The van der Waals surface area contributed by atoms with E-state index in [1.807, 2.05) is 25.2 Å². The van der Waals surface area contributed by atoms with E-state index >= 15 is 0 Å². The summed E-state index contributed by atoms with van der Waals surface area (Å²) in [6.45, 7) is 0.757. The molecular weight excluding hydrogens is 186 g/mol. The van der Waals surface area contributed by atoms with E-state index in [-0.39, 0.29) is 4.94 Å². The largest absolute Gasteiger partial charge is 0.414 e. The molecule has 0 aliphatic heterocycles. The lowest BCUT2D eigenvalue weighted by atomic mass is 10.2. The minimum absolute atomic E-state index is 0.237. The summed E-state index contributed by atoms with van der Waals surface area (Å²) in [5, 5.41) is 3.05. The van der Waals surface area contributed by atoms with Crippen molar-refractivity contribution in [2.24, 2.45) is 0 Å². The minimum atomic E-state index is -0.237. The molecule has 0 atom stereocenters. The Morgan fingerprint density at radius 1 is 1.54 bits per heavy atom. The van der Waals surface area contributed by atoms with E-state index in [1.165, 1.54) is 0 Å². The van der Waals surface area contributed by atoms with Crippen molar-refractivity contribution in [3.05, 3.63) is 33.5 Å². The van der Waals surface area contributed by atoms with Gasteiger partial charge in [-0.25, -0.2) is 4.79 Å². The van der Waals surface area contributed by atoms with Crippen LogP contribution < -0.4 is 10.3 Å². The smallest absolute Gasteiger partial charge is 0.396 e. The maximum atomic E-state index is 11.0. The van der Waals surface area contributed by atoms with E-state index in [0.717, 1.165) is 28.1 Å². The average Bonchev–Trinajstić information content (AvgIpc) is 2.47. The van der Waals surface area contributed by atoms with Crippen molar-refractivity contribution in [2.45, 2.75) is 6.54 Å². The number of benzene rings is 1. The fourth-order valence-electron chi connectivity index (χ4n) is 1.28. The standard InChI is InChI=1S/C9H9NO2S/c1-10-5-6-3-2-4-7-8(6)13-9(11)12-7/h2-4,10H,5H2,1H3. The molecule has 0 aliphatic carbocycles. The van der Waals surface area contributed by atoms with Crippen molar-refractivity contribution in [2.75, 3.05) is 7.05 Å². The van der Waals surface area contributed by atoms with Crippen LogP contribution in [0, 0.1) is 0 Å². The van der Waals surface area contributed by atoms with Crippen molar-refractivity contribution in [1.82, 2.24) is 5.32 Å². The molecule has 3 nitrogen and oxygen atoms in total. The van der Waals surface area contributed by atoms with Crippen molar-refractivity contribution >= 4 is 21.6 Å². The van der Waals surface area contributed by atoms with Gasteiger partial charge in [0.05, 0.1) is 4.70 Å². The van der Waals surface area contributed by atoms with Gasteiger partial charge in [-0.3, -0.25) is 0 Å². The second-order valence-corrected chi connectivity index (χ2v) is 3.67. The molecule has 0 unspecified atom stereocenters. The molecule has 1 N–H and O–H groups in total. The molecule has 4 heteroatoms. The molecule has 2 aromatic rings. The number of hydrogen-bond donors (Lipinski definition) is 1. The highest BCUT2D eigenvalue weighted by atomic mass is 32.1. The molecule has 0 saturated carbocycles. The van der Waals surface area contributed by atoms with Crippen LogP contribution in [0.5, 0.6) is 0 Å². The third-order valence-corrected chi connectivity index (χ3v) is 2.72. The molecule has 0 radical (unpaired) electrons. The Labute approximate surface area is 79.0 Å². The summed E-state index contributed by atoms with van der Waals surface area (Å²) in [7, 11) is 1.88. The van der Waals surface area contributed by atoms with Gasteiger partial charge in [0.1, 0.15) is 5.58 Å². The summed E-state index contributed by atoms with van der Waals surface area (Å²) in [5.74, 6) is 0. The van der Waals surface area contributed by atoms with Crippen LogP contribution in [-0.4, -0.2) is 7.05 Å². The Morgan fingerprint density at radius 2 is 2.38 bits per heavy atom. The van der Waals surface area contributed by atoms with Gasteiger partial charge in [0.25, 0.3) is 0 Å². The van der Waals surface area contributed by atoms with Crippen LogP contribution in [0.1, 0.15) is 5.56 Å². The molecule has 0 aliphatic rings. The molecule has 68 valence electrons. The van der Waals surface area contributed by atoms with Gasteiger partial charge in [-0.2, -0.15) is 0 Å². The Morgan fingerprint density at radius 3 is 3.15 bits per heavy atom. The Balaban J connectivity index is 2.67. The van der Waals surface area contributed by atoms with Gasteiger partial charge in [0.2, 0.25) is 0 Å². The van der Waals surface area contributed by atoms with Crippen LogP contribution in [0.25, 0.3) is 10.3 Å². The van der Waals surface area contributed by atoms with E-state index < -0.39 is 0 Å². The van der Waals surface area contributed by atoms with Crippen molar-refractivity contribution in [3.8, 4) is 0 Å². The first kappa shape index (κ1) is 8.47. The van der Waals surface area contributed by atoms with Crippen LogP contribution in [0.4, 0.5) is 0 Å². The Hall–Kier alpha value is -1.13. The monoisotopic (exact) mass is 195 g/mol. The van der Waals surface area contributed by atoms with Crippen LogP contribution >= 0.6 is 11.3 Å². The van der Waals surface area contributed by atoms with Crippen LogP contribution in [0.3, 0.4) is 0 Å². The zero-order chi connectivity index (χ0) is 9.26. The molecule has 0 amide bonds. The number of hydrogen-bond acceptors (Lipinski definition) is 4. The minimum Gasteiger partial charge on any atom is -0.414 e. The first-order chi connectivity index (χ1) is 6.31. The lowest BCUT2D eigenvalue weighted by Gasteiger charge is -1.98. The van der Waals surface area contributed by atoms with Crippen LogP contribution in [0.15, 0.2) is 27.4 Å². The van der Waals surface area contributed by atoms with E-state index in [2.05, 4.69) is 5.32 Å². The summed E-state index contributed by atoms with van der Waals surface area (Å²) >= 11 is 1.16. The molecule has 1 aromatic heterocycles. The van der Waals surface area contributed by atoms with E-state index in [0.29, 0.717) is 5.58 Å². The maximum Gasteiger partial charge on any atom is 0.396 e. The van der Waals surface area contributed by atoms with Crippen molar-refractivity contribution in [3.63, 3.8) is 0 Å². The average molecular weight is 195 g/mol. The van der Waals surface area contributed by atoms with Gasteiger partial charge >= 0.3 is 4.94 Å². The second kappa shape index (κ2) is 3.32. The Bertz CT molecular complexity index is 472. The lowest BCUT2D eigenvalue weighted by Crippen LogP contribution is -2.04. The van der Waals surface area contributed by atoms with Crippen molar-refractivity contribution < 1.29 is 4.42 Å². The second-order valence-electron chi connectivity index (χ2n) is 2.73. The third kappa shape index (κ3) is 1.50. The zero-order valence-electron chi connectivity index (χ0n) is 7.16. The maximum absolute atomic E-state index is 11.0. The van der Waals surface area contributed by atoms with E-state index in [9.17, 15) is 4.79 Å². The summed E-state index contributed by atoms with van der Waals surface area (Å²) in [6, 6.07) is 5.70. The molecule has 1 heterocycles. The van der Waals surface area contributed by atoms with Gasteiger partial charge in [-0.1, -0.05) is 23.5 Å².